The van der Waals surface area contributed by atoms with Gasteiger partial charge in [0.1, 0.15) is 0 Å². The number of hydrogen-bond acceptors (Lipinski definition) is 4. The summed E-state index contributed by atoms with van der Waals surface area (Å²) in [7, 11) is 0. The van der Waals surface area contributed by atoms with Crippen molar-refractivity contribution in [1.82, 2.24) is 0 Å². The lowest BCUT2D eigenvalue weighted by atomic mass is 9.57. The van der Waals surface area contributed by atoms with E-state index < -0.39 is 51.5 Å². The van der Waals surface area contributed by atoms with E-state index in [1.54, 1.807) is 0 Å². The molecule has 4 nitrogen and oxygen atoms in total. The van der Waals surface area contributed by atoms with Crippen LogP contribution in [0.4, 0.5) is 0 Å². The highest BCUT2D eigenvalue weighted by molar-refractivity contribution is 5.50. The normalized spacial score (nSPS) is 16.8. The number of rotatable bonds is 8. The van der Waals surface area contributed by atoms with E-state index in [4.69, 9.17) is 0 Å². The second kappa shape index (κ2) is 17.7. The van der Waals surface area contributed by atoms with Crippen LogP contribution in [-0.2, 0) is 43.3 Å². The van der Waals surface area contributed by atoms with Gasteiger partial charge in [-0.05, 0) is 110 Å². The molecule has 0 amide bonds. The molecule has 4 heteroatoms. The summed E-state index contributed by atoms with van der Waals surface area (Å²) in [6, 6.07) is 25.0. The predicted octanol–water partition coefficient (Wildman–Crippen LogP) is 15.3. The smallest absolute Gasteiger partial charge is 0.0934 e. The Morgan fingerprint density at radius 1 is 0.246 bits per heavy atom. The highest BCUT2D eigenvalue weighted by Gasteiger charge is 2.60. The summed E-state index contributed by atoms with van der Waals surface area (Å²) >= 11 is 0. The first-order valence-electron chi connectivity index (χ1n) is 24.3. The van der Waals surface area contributed by atoms with E-state index in [0.29, 0.717) is 22.3 Å². The molecule has 65 heavy (non-hydrogen) atoms. The van der Waals surface area contributed by atoms with Gasteiger partial charge >= 0.3 is 0 Å². The molecule has 0 aliphatic rings. The van der Waals surface area contributed by atoms with Crippen LogP contribution in [0.15, 0.2) is 72.8 Å². The number of aliphatic hydroxyl groups excluding tert-OH is 4. The molecular formula is C61H92O4. The van der Waals surface area contributed by atoms with Gasteiger partial charge in [0.15, 0.2) is 0 Å². The van der Waals surface area contributed by atoms with Gasteiger partial charge in [0.2, 0.25) is 0 Å². The fourth-order valence-electron chi connectivity index (χ4n) is 9.62. The molecule has 4 aromatic carbocycles. The van der Waals surface area contributed by atoms with Crippen molar-refractivity contribution in [3.05, 3.63) is 140 Å². The summed E-state index contributed by atoms with van der Waals surface area (Å²) < 4.78 is 0. The molecule has 4 aromatic rings. The van der Waals surface area contributed by atoms with Gasteiger partial charge in [-0.15, -0.1) is 0 Å². The predicted molar refractivity (Wildman–Crippen MR) is 278 cm³/mol. The second-order valence-electron chi connectivity index (χ2n) is 27.8. The van der Waals surface area contributed by atoms with E-state index >= 15 is 0 Å². The maximum Gasteiger partial charge on any atom is 0.0934 e. The molecule has 0 bridgehead atoms. The molecule has 0 heterocycles. The maximum absolute atomic E-state index is 14.1. The molecule has 0 saturated carbocycles. The molecule has 360 valence electrons. The van der Waals surface area contributed by atoms with Crippen molar-refractivity contribution >= 4 is 0 Å². The van der Waals surface area contributed by atoms with Crippen LogP contribution in [0.2, 0.25) is 0 Å². The lowest BCUT2D eigenvalue weighted by Crippen LogP contribution is -2.48. The first kappa shape index (κ1) is 54.3. The Kier molecular flexibility index (Phi) is 14.8. The highest BCUT2D eigenvalue weighted by atomic mass is 16.3. The third-order valence-electron chi connectivity index (χ3n) is 14.0. The van der Waals surface area contributed by atoms with Crippen molar-refractivity contribution in [3.63, 3.8) is 0 Å². The highest BCUT2D eigenvalue weighted by Crippen LogP contribution is 2.63. The minimum absolute atomic E-state index is 0.192. The van der Waals surface area contributed by atoms with Crippen molar-refractivity contribution in [2.45, 2.75) is 234 Å². The Morgan fingerprint density at radius 2 is 0.400 bits per heavy atom. The minimum Gasteiger partial charge on any atom is -0.387 e. The van der Waals surface area contributed by atoms with Gasteiger partial charge in [-0.25, -0.2) is 0 Å². The third-order valence-corrected chi connectivity index (χ3v) is 14.0. The molecule has 0 radical (unpaired) electrons. The van der Waals surface area contributed by atoms with Gasteiger partial charge in [-0.1, -0.05) is 239 Å². The maximum atomic E-state index is 14.1. The molecule has 0 spiro atoms. The van der Waals surface area contributed by atoms with Crippen LogP contribution < -0.4 is 0 Å². The monoisotopic (exact) mass is 889 g/mol. The van der Waals surface area contributed by atoms with Gasteiger partial charge in [-0.2, -0.15) is 0 Å². The average Bonchev–Trinajstić information content (AvgIpc) is 3.14. The van der Waals surface area contributed by atoms with Crippen LogP contribution in [0.1, 0.15) is 257 Å². The van der Waals surface area contributed by atoms with E-state index in [-0.39, 0.29) is 21.7 Å². The van der Waals surface area contributed by atoms with E-state index in [0.717, 1.165) is 44.5 Å². The topological polar surface area (TPSA) is 80.9 Å². The Balaban J connectivity index is 2.44. The Hall–Kier alpha value is -3.28. The zero-order chi connectivity index (χ0) is 50.2. The van der Waals surface area contributed by atoms with E-state index in [9.17, 15) is 20.4 Å². The summed E-state index contributed by atoms with van der Waals surface area (Å²) in [5, 5.41) is 56.5. The van der Waals surface area contributed by atoms with Gasteiger partial charge in [0.05, 0.1) is 29.8 Å². The molecule has 0 aliphatic heterocycles. The number of aliphatic hydroxyl groups is 4. The van der Waals surface area contributed by atoms with Gasteiger partial charge in [0, 0.05) is 0 Å². The van der Waals surface area contributed by atoms with Crippen molar-refractivity contribution in [2.75, 3.05) is 0 Å². The average molecular weight is 889 g/mol. The van der Waals surface area contributed by atoms with Crippen LogP contribution >= 0.6 is 0 Å². The van der Waals surface area contributed by atoms with E-state index in [1.807, 2.05) is 24.3 Å². The molecule has 0 aliphatic carbocycles. The van der Waals surface area contributed by atoms with Gasteiger partial charge in [0.25, 0.3) is 0 Å². The molecule has 4 rings (SSSR count). The number of hydrogen-bond donors (Lipinski definition) is 4. The molecule has 0 fully saturated rings. The Labute approximate surface area is 397 Å². The minimum atomic E-state index is -2.10. The molecule has 4 unspecified atom stereocenters. The Bertz CT molecular complexity index is 1970. The second-order valence-corrected chi connectivity index (χ2v) is 27.8. The first-order chi connectivity index (χ1) is 29.0. The lowest BCUT2D eigenvalue weighted by Gasteiger charge is -2.51. The zero-order valence-corrected chi connectivity index (χ0v) is 45.5. The molecule has 0 saturated heterocycles. The van der Waals surface area contributed by atoms with Crippen LogP contribution in [0.5, 0.6) is 0 Å². The molecule has 4 N–H and O–H groups in total. The zero-order valence-electron chi connectivity index (χ0n) is 45.5. The van der Waals surface area contributed by atoms with Crippen molar-refractivity contribution in [3.8, 4) is 0 Å². The fourth-order valence-corrected chi connectivity index (χ4v) is 9.62. The van der Waals surface area contributed by atoms with Crippen molar-refractivity contribution in [2.24, 2.45) is 5.41 Å². The summed E-state index contributed by atoms with van der Waals surface area (Å²) in [5.74, 6) is 0. The summed E-state index contributed by atoms with van der Waals surface area (Å²) in [5.41, 5.74) is 5.55. The summed E-state index contributed by atoms with van der Waals surface area (Å²) in [4.78, 5) is 0. The summed E-state index contributed by atoms with van der Waals surface area (Å²) in [6.45, 7) is 52.0. The van der Waals surface area contributed by atoms with Crippen molar-refractivity contribution in [1.29, 1.82) is 0 Å². The SMILES string of the molecule is CC(C)(C)c1ccc(C(O)C(C(O)c2ccc(C(C)(C)C)cc2C(C)(C)C)(C(O)c2ccc(C(C)(C)C)cc2C(C)(C)C)C(O)c2ccc(C(C)(C)C)cc2C(C)(C)C)c(C(C)(C)C)c1. The first-order valence-corrected chi connectivity index (χ1v) is 24.3. The number of benzene rings is 4. The van der Waals surface area contributed by atoms with Crippen LogP contribution in [-0.4, -0.2) is 20.4 Å². The lowest BCUT2D eigenvalue weighted by molar-refractivity contribution is -0.206. The molecular weight excluding hydrogens is 797 g/mol. The van der Waals surface area contributed by atoms with Crippen molar-refractivity contribution < 1.29 is 20.4 Å². The van der Waals surface area contributed by atoms with Crippen LogP contribution in [0.25, 0.3) is 0 Å². The summed E-state index contributed by atoms with van der Waals surface area (Å²) in [6.07, 6.45) is -6.37. The fraction of sp³-hybridized carbons (Fsp3) is 0.607. The third kappa shape index (κ3) is 11.2. The van der Waals surface area contributed by atoms with Crippen LogP contribution in [0.3, 0.4) is 0 Å². The van der Waals surface area contributed by atoms with E-state index in [1.165, 1.54) is 0 Å². The van der Waals surface area contributed by atoms with Gasteiger partial charge in [-0.3, -0.25) is 0 Å². The Morgan fingerprint density at radius 3 is 0.523 bits per heavy atom. The van der Waals surface area contributed by atoms with E-state index in [2.05, 4.69) is 215 Å². The molecule has 0 aromatic heterocycles. The standard InChI is InChI=1S/C61H92O4/c1-53(2,3)37-25-29-41(45(33-37)57(13,14)15)49(62)61(50(63)42-30-26-38(54(4,5)6)34-46(42)58(16,17)18,51(64)43-31-27-39(55(7,8)9)35-47(43)59(19,20)21)52(65)44-32-28-40(56(10,11)12)36-48(44)60(22,23)24/h25-36,49-52,62-65H,1-24H3. The molecule has 4 atom stereocenters. The van der Waals surface area contributed by atoms with Gasteiger partial charge < -0.3 is 20.4 Å². The largest absolute Gasteiger partial charge is 0.387 e. The quantitative estimate of drug-likeness (QED) is 0.142. The van der Waals surface area contributed by atoms with Crippen LogP contribution in [0, 0.1) is 5.41 Å².